The zero-order valence-electron chi connectivity index (χ0n) is 9.63. The van der Waals surface area contributed by atoms with Gasteiger partial charge in [0.05, 0.1) is 0 Å². The number of benzene rings is 1. The minimum absolute atomic E-state index is 0.266. The zero-order chi connectivity index (χ0) is 12.6. The molecule has 0 radical (unpaired) electrons. The van der Waals surface area contributed by atoms with Gasteiger partial charge in [0.15, 0.2) is 0 Å². The molecule has 0 heterocycles. The van der Waals surface area contributed by atoms with E-state index in [0.717, 1.165) is 6.42 Å². The van der Waals surface area contributed by atoms with Crippen LogP contribution in [0.4, 0.5) is 0 Å². The first-order valence-electron chi connectivity index (χ1n) is 5.14. The van der Waals surface area contributed by atoms with E-state index < -0.39 is 12.1 Å². The van der Waals surface area contributed by atoms with Gasteiger partial charge in [0.1, 0.15) is 6.10 Å². The number of nitrogens with two attached hydrogens (primary N) is 1. The van der Waals surface area contributed by atoms with Crippen molar-refractivity contribution in [2.45, 2.75) is 32.4 Å². The van der Waals surface area contributed by atoms with Gasteiger partial charge in [-0.2, -0.15) is 0 Å². The summed E-state index contributed by atoms with van der Waals surface area (Å²) in [6, 6.07) is 10.6. The average Bonchev–Trinajstić information content (AvgIpc) is 2.19. The number of hydrogen-bond donors (Lipinski definition) is 3. The molecule has 4 nitrogen and oxygen atoms in total. The Balaban J connectivity index is 0.000000325. The number of carboxylic acids is 1. The molecule has 1 aromatic rings. The Morgan fingerprint density at radius 3 is 2.06 bits per heavy atom. The highest BCUT2D eigenvalue weighted by Crippen LogP contribution is 2.00. The molecule has 0 saturated carbocycles. The van der Waals surface area contributed by atoms with Crippen molar-refractivity contribution in [3.63, 3.8) is 0 Å². The molecule has 0 amide bonds. The summed E-state index contributed by atoms with van der Waals surface area (Å²) in [7, 11) is 0. The van der Waals surface area contributed by atoms with Crippen LogP contribution in [0.1, 0.15) is 19.4 Å². The predicted octanol–water partition coefficient (Wildman–Crippen LogP) is 1.03. The van der Waals surface area contributed by atoms with E-state index in [2.05, 4.69) is 12.1 Å². The fraction of sp³-hybridized carbons (Fsp3) is 0.417. The van der Waals surface area contributed by atoms with Gasteiger partial charge in [0.25, 0.3) is 0 Å². The Bertz CT molecular complexity index is 296. The third-order valence-electron chi connectivity index (χ3n) is 1.76. The van der Waals surface area contributed by atoms with Crippen molar-refractivity contribution < 1.29 is 15.0 Å². The second-order valence-corrected chi connectivity index (χ2v) is 3.68. The van der Waals surface area contributed by atoms with Gasteiger partial charge in [0.2, 0.25) is 0 Å². The van der Waals surface area contributed by atoms with Gasteiger partial charge in [-0.3, -0.25) is 0 Å². The molecule has 0 bridgehead atoms. The highest BCUT2D eigenvalue weighted by molar-refractivity contribution is 5.71. The summed E-state index contributed by atoms with van der Waals surface area (Å²) in [5.41, 5.74) is 6.94. The molecule has 0 saturated heterocycles. The summed E-state index contributed by atoms with van der Waals surface area (Å²) in [6.45, 7) is 3.22. The maximum atomic E-state index is 9.45. The minimum atomic E-state index is -1.23. The number of rotatable bonds is 3. The molecule has 0 fully saturated rings. The number of carboxylic acid groups (broad SMARTS) is 1. The highest BCUT2D eigenvalue weighted by Gasteiger charge is 2.01. The predicted molar refractivity (Wildman–Crippen MR) is 63.1 cm³/mol. The van der Waals surface area contributed by atoms with Gasteiger partial charge in [-0.15, -0.1) is 0 Å². The Hall–Kier alpha value is -1.39. The number of aliphatic carboxylic acids is 1. The molecule has 0 aliphatic heterocycles. The first-order chi connectivity index (χ1) is 7.43. The van der Waals surface area contributed by atoms with Crippen molar-refractivity contribution in [3.8, 4) is 0 Å². The SMILES string of the molecule is CC(N)Cc1ccccc1.CC(O)C(=O)O. The Morgan fingerprint density at radius 2 is 1.75 bits per heavy atom. The smallest absolute Gasteiger partial charge is 0.332 e. The number of aliphatic hydroxyl groups excluding tert-OH is 1. The third kappa shape index (κ3) is 7.96. The van der Waals surface area contributed by atoms with Gasteiger partial charge in [0, 0.05) is 6.04 Å². The molecule has 16 heavy (non-hydrogen) atoms. The van der Waals surface area contributed by atoms with E-state index in [-0.39, 0.29) is 6.04 Å². The van der Waals surface area contributed by atoms with E-state index in [9.17, 15) is 4.79 Å². The summed E-state index contributed by atoms with van der Waals surface area (Å²) in [5.74, 6) is -1.19. The van der Waals surface area contributed by atoms with Crippen LogP contribution < -0.4 is 5.73 Å². The molecule has 4 N–H and O–H groups in total. The maximum Gasteiger partial charge on any atom is 0.332 e. The average molecular weight is 225 g/mol. The van der Waals surface area contributed by atoms with Gasteiger partial charge >= 0.3 is 5.97 Å². The van der Waals surface area contributed by atoms with Crippen LogP contribution in [-0.4, -0.2) is 28.3 Å². The quantitative estimate of drug-likeness (QED) is 0.717. The molecule has 0 aromatic heterocycles. The molecule has 4 heteroatoms. The Kier molecular flexibility index (Phi) is 7.16. The summed E-state index contributed by atoms with van der Waals surface area (Å²) in [6.07, 6.45) is -0.258. The van der Waals surface area contributed by atoms with Crippen LogP contribution >= 0.6 is 0 Å². The van der Waals surface area contributed by atoms with Crippen LogP contribution in [0, 0.1) is 0 Å². The fourth-order valence-corrected chi connectivity index (χ4v) is 0.986. The van der Waals surface area contributed by atoms with Crippen molar-refractivity contribution in [3.05, 3.63) is 35.9 Å². The molecule has 0 spiro atoms. The molecule has 2 atom stereocenters. The Morgan fingerprint density at radius 1 is 1.31 bits per heavy atom. The van der Waals surface area contributed by atoms with Crippen molar-refractivity contribution in [1.29, 1.82) is 0 Å². The molecular formula is C12H19NO3. The molecule has 90 valence electrons. The topological polar surface area (TPSA) is 83.5 Å². The van der Waals surface area contributed by atoms with E-state index in [4.69, 9.17) is 15.9 Å². The van der Waals surface area contributed by atoms with Crippen molar-refractivity contribution in [1.82, 2.24) is 0 Å². The van der Waals surface area contributed by atoms with Crippen LogP contribution in [0.3, 0.4) is 0 Å². The van der Waals surface area contributed by atoms with Gasteiger partial charge in [-0.05, 0) is 25.8 Å². The largest absolute Gasteiger partial charge is 0.479 e. The second-order valence-electron chi connectivity index (χ2n) is 3.68. The Labute approximate surface area is 95.7 Å². The lowest BCUT2D eigenvalue weighted by atomic mass is 10.1. The van der Waals surface area contributed by atoms with Crippen LogP contribution in [0.2, 0.25) is 0 Å². The van der Waals surface area contributed by atoms with E-state index >= 15 is 0 Å². The number of aliphatic hydroxyl groups is 1. The molecular weight excluding hydrogens is 206 g/mol. The van der Waals surface area contributed by atoms with Crippen molar-refractivity contribution in [2.75, 3.05) is 0 Å². The van der Waals surface area contributed by atoms with Crippen LogP contribution in [0.15, 0.2) is 30.3 Å². The van der Waals surface area contributed by atoms with E-state index in [1.54, 1.807) is 0 Å². The number of hydrogen-bond acceptors (Lipinski definition) is 3. The van der Waals surface area contributed by atoms with E-state index in [0.29, 0.717) is 0 Å². The van der Waals surface area contributed by atoms with Crippen LogP contribution in [0.25, 0.3) is 0 Å². The van der Waals surface area contributed by atoms with Gasteiger partial charge in [-0.25, -0.2) is 4.79 Å². The van der Waals surface area contributed by atoms with Gasteiger partial charge < -0.3 is 15.9 Å². The summed E-state index contributed by atoms with van der Waals surface area (Å²) >= 11 is 0. The van der Waals surface area contributed by atoms with Crippen molar-refractivity contribution >= 4 is 5.97 Å². The normalized spacial score (nSPS) is 13.2. The first kappa shape index (κ1) is 14.6. The summed E-state index contributed by atoms with van der Waals surface area (Å²) in [5, 5.41) is 15.8. The maximum absolute atomic E-state index is 9.45. The molecule has 1 rings (SSSR count). The lowest BCUT2D eigenvalue weighted by Gasteiger charge is -2.02. The number of carbonyl (C=O) groups is 1. The highest BCUT2D eigenvalue weighted by atomic mass is 16.4. The first-order valence-corrected chi connectivity index (χ1v) is 5.14. The second kappa shape index (κ2) is 7.84. The van der Waals surface area contributed by atoms with Crippen LogP contribution in [0.5, 0.6) is 0 Å². The minimum Gasteiger partial charge on any atom is -0.479 e. The van der Waals surface area contributed by atoms with Gasteiger partial charge in [-0.1, -0.05) is 30.3 Å². The third-order valence-corrected chi connectivity index (χ3v) is 1.76. The van der Waals surface area contributed by atoms with Crippen molar-refractivity contribution in [2.24, 2.45) is 5.73 Å². The molecule has 0 aliphatic carbocycles. The lowest BCUT2D eigenvalue weighted by molar-refractivity contribution is -0.145. The fourth-order valence-electron chi connectivity index (χ4n) is 0.986. The summed E-state index contributed by atoms with van der Waals surface area (Å²) < 4.78 is 0. The molecule has 0 aliphatic rings. The summed E-state index contributed by atoms with van der Waals surface area (Å²) in [4.78, 5) is 9.45. The zero-order valence-corrected chi connectivity index (χ0v) is 9.63. The van der Waals surface area contributed by atoms with Crippen LogP contribution in [-0.2, 0) is 11.2 Å². The van der Waals surface area contributed by atoms with E-state index in [1.165, 1.54) is 12.5 Å². The molecule has 1 aromatic carbocycles. The van der Waals surface area contributed by atoms with E-state index in [1.807, 2.05) is 25.1 Å². The monoisotopic (exact) mass is 225 g/mol. The standard InChI is InChI=1S/C9H13N.C3H6O3/c1-8(10)7-9-5-3-2-4-6-9;1-2(4)3(5)6/h2-6,8H,7,10H2,1H3;2,4H,1H3,(H,5,6). The molecule has 2 unspecified atom stereocenters. The lowest BCUT2D eigenvalue weighted by Crippen LogP contribution is -2.17.